The average Bonchev–Trinajstić information content (AvgIpc) is 3.38. The average molecular weight is 389 g/mol. The van der Waals surface area contributed by atoms with Gasteiger partial charge in [-0.3, -0.25) is 9.59 Å². The predicted octanol–water partition coefficient (Wildman–Crippen LogP) is 3.39. The Balaban J connectivity index is 1.45. The van der Waals surface area contributed by atoms with E-state index in [0.29, 0.717) is 17.2 Å². The van der Waals surface area contributed by atoms with E-state index in [1.165, 1.54) is 12.8 Å². The van der Waals surface area contributed by atoms with Crippen LogP contribution in [0.3, 0.4) is 0 Å². The molecule has 146 valence electrons. The largest absolute Gasteiger partial charge is 0.497 e. The molecule has 3 aliphatic rings. The number of thioether (sulfide) groups is 1. The van der Waals surface area contributed by atoms with E-state index < -0.39 is 0 Å². The zero-order valence-electron chi connectivity index (χ0n) is 16.0. The second-order valence-corrected chi connectivity index (χ2v) is 9.25. The van der Waals surface area contributed by atoms with Crippen molar-refractivity contribution in [2.45, 2.75) is 43.4 Å². The number of amides is 2. The molecule has 0 bridgehead atoms. The third kappa shape index (κ3) is 3.56. The molecular weight excluding hydrogens is 360 g/mol. The van der Waals surface area contributed by atoms with E-state index in [1.54, 1.807) is 7.11 Å². The van der Waals surface area contributed by atoms with E-state index in [0.717, 1.165) is 51.1 Å². The van der Waals surface area contributed by atoms with Gasteiger partial charge in [0.2, 0.25) is 5.91 Å². The van der Waals surface area contributed by atoms with Gasteiger partial charge >= 0.3 is 0 Å². The number of hydrogen-bond donors (Lipinski definition) is 0. The van der Waals surface area contributed by atoms with Crippen molar-refractivity contribution in [2.24, 2.45) is 5.92 Å². The molecule has 6 heteroatoms. The number of piperidine rings is 1. The summed E-state index contributed by atoms with van der Waals surface area (Å²) < 4.78 is 5.27. The number of rotatable bonds is 3. The molecule has 0 N–H and O–H groups in total. The van der Waals surface area contributed by atoms with Gasteiger partial charge in [-0.2, -0.15) is 0 Å². The zero-order chi connectivity index (χ0) is 18.9. The van der Waals surface area contributed by atoms with Crippen molar-refractivity contribution in [2.75, 3.05) is 32.5 Å². The van der Waals surface area contributed by atoms with Gasteiger partial charge in [0.25, 0.3) is 5.91 Å². The number of hydrogen-bond acceptors (Lipinski definition) is 4. The number of carbonyl (C=O) groups excluding carboxylic acids is 2. The highest BCUT2D eigenvalue weighted by Crippen LogP contribution is 2.45. The Morgan fingerprint density at radius 2 is 1.89 bits per heavy atom. The van der Waals surface area contributed by atoms with Gasteiger partial charge in [-0.25, -0.2) is 0 Å². The van der Waals surface area contributed by atoms with Crippen molar-refractivity contribution in [3.8, 4) is 5.75 Å². The summed E-state index contributed by atoms with van der Waals surface area (Å²) in [6.45, 7) is 2.31. The van der Waals surface area contributed by atoms with Gasteiger partial charge in [0, 0.05) is 36.9 Å². The van der Waals surface area contributed by atoms with E-state index in [9.17, 15) is 9.59 Å². The van der Waals surface area contributed by atoms with Crippen LogP contribution in [-0.2, 0) is 4.79 Å². The van der Waals surface area contributed by atoms with Crippen LogP contribution >= 0.6 is 11.8 Å². The lowest BCUT2D eigenvalue weighted by Crippen LogP contribution is -2.54. The minimum absolute atomic E-state index is 0.0782. The van der Waals surface area contributed by atoms with Gasteiger partial charge in [-0.05, 0) is 43.9 Å². The fourth-order valence-corrected chi connectivity index (χ4v) is 6.18. The Morgan fingerprint density at radius 1 is 1.15 bits per heavy atom. The van der Waals surface area contributed by atoms with Gasteiger partial charge in [-0.1, -0.05) is 18.9 Å². The standard InChI is InChI=1S/C21H28N2O3S/c1-26-18-8-4-7-17(15-18)20(25)23-13-14-27-21(23)9-11-22(12-10-21)19(24)16-5-2-3-6-16/h4,7-8,15-16H,2-3,5-6,9-14H2,1H3. The van der Waals surface area contributed by atoms with Gasteiger partial charge in [0.15, 0.2) is 0 Å². The molecule has 1 aromatic carbocycles. The van der Waals surface area contributed by atoms with Crippen LogP contribution in [0.25, 0.3) is 0 Å². The Morgan fingerprint density at radius 3 is 2.59 bits per heavy atom. The summed E-state index contributed by atoms with van der Waals surface area (Å²) in [7, 11) is 1.62. The van der Waals surface area contributed by atoms with Crippen LogP contribution in [0, 0.1) is 5.92 Å². The Hall–Kier alpha value is -1.69. The van der Waals surface area contributed by atoms with E-state index >= 15 is 0 Å². The molecule has 2 amide bonds. The molecule has 27 heavy (non-hydrogen) atoms. The normalized spacial score (nSPS) is 22.4. The summed E-state index contributed by atoms with van der Waals surface area (Å²) in [5.74, 6) is 2.33. The number of nitrogens with zero attached hydrogens (tertiary/aromatic N) is 2. The van der Waals surface area contributed by atoms with Crippen molar-refractivity contribution >= 4 is 23.6 Å². The van der Waals surface area contributed by atoms with Gasteiger partial charge in [0.05, 0.1) is 12.0 Å². The Bertz CT molecular complexity index is 709. The van der Waals surface area contributed by atoms with Crippen LogP contribution in [0.5, 0.6) is 5.75 Å². The van der Waals surface area contributed by atoms with E-state index in [2.05, 4.69) is 0 Å². The highest BCUT2D eigenvalue weighted by molar-refractivity contribution is 8.00. The van der Waals surface area contributed by atoms with Gasteiger partial charge < -0.3 is 14.5 Å². The van der Waals surface area contributed by atoms with Crippen LogP contribution in [0.4, 0.5) is 0 Å². The van der Waals surface area contributed by atoms with Gasteiger partial charge in [0.1, 0.15) is 5.75 Å². The Labute approximate surface area is 165 Å². The summed E-state index contributed by atoms with van der Waals surface area (Å²) in [6.07, 6.45) is 6.21. The molecule has 1 aliphatic carbocycles. The summed E-state index contributed by atoms with van der Waals surface area (Å²) in [6, 6.07) is 7.40. The van der Waals surface area contributed by atoms with Crippen molar-refractivity contribution in [1.82, 2.24) is 9.80 Å². The van der Waals surface area contributed by atoms with E-state index in [-0.39, 0.29) is 16.7 Å². The monoisotopic (exact) mass is 388 g/mol. The topological polar surface area (TPSA) is 49.9 Å². The molecule has 0 atom stereocenters. The maximum absolute atomic E-state index is 13.2. The lowest BCUT2D eigenvalue weighted by molar-refractivity contribution is -0.137. The second-order valence-electron chi connectivity index (χ2n) is 7.79. The molecule has 3 fully saturated rings. The van der Waals surface area contributed by atoms with E-state index in [4.69, 9.17) is 4.74 Å². The zero-order valence-corrected chi connectivity index (χ0v) is 16.8. The number of ether oxygens (including phenoxy) is 1. The molecule has 5 nitrogen and oxygen atoms in total. The van der Waals surface area contributed by atoms with Crippen molar-refractivity contribution < 1.29 is 14.3 Å². The minimum atomic E-state index is -0.160. The van der Waals surface area contributed by atoms with Crippen molar-refractivity contribution in [1.29, 1.82) is 0 Å². The molecule has 2 saturated heterocycles. The minimum Gasteiger partial charge on any atom is -0.497 e. The number of benzene rings is 1. The fourth-order valence-electron chi connectivity index (χ4n) is 4.73. The first-order valence-electron chi connectivity index (χ1n) is 10.0. The lowest BCUT2D eigenvalue weighted by atomic mass is 9.98. The van der Waals surface area contributed by atoms with Crippen molar-refractivity contribution in [3.63, 3.8) is 0 Å². The molecule has 1 saturated carbocycles. The molecule has 0 aromatic heterocycles. The summed E-state index contributed by atoms with van der Waals surface area (Å²) >= 11 is 1.89. The first kappa shape index (κ1) is 18.7. The molecule has 0 unspecified atom stereocenters. The van der Waals surface area contributed by atoms with E-state index in [1.807, 2.05) is 45.8 Å². The molecule has 2 heterocycles. The number of methoxy groups -OCH3 is 1. The van der Waals surface area contributed by atoms with Crippen molar-refractivity contribution in [3.05, 3.63) is 29.8 Å². The molecule has 0 radical (unpaired) electrons. The Kier molecular flexibility index (Phi) is 5.35. The highest BCUT2D eigenvalue weighted by atomic mass is 32.2. The molecule has 4 rings (SSSR count). The summed E-state index contributed by atoms with van der Waals surface area (Å²) in [5, 5.41) is 0. The first-order valence-corrected chi connectivity index (χ1v) is 11.0. The van der Waals surface area contributed by atoms with Crippen LogP contribution in [-0.4, -0.2) is 59.0 Å². The SMILES string of the molecule is COc1cccc(C(=O)N2CCSC23CCN(C(=O)C2CCCC2)CC3)c1. The third-order valence-electron chi connectivity index (χ3n) is 6.30. The number of carbonyl (C=O) groups is 2. The third-order valence-corrected chi connectivity index (χ3v) is 7.85. The molecular formula is C21H28N2O3S. The van der Waals surface area contributed by atoms with Crippen LogP contribution < -0.4 is 4.74 Å². The van der Waals surface area contributed by atoms with Crippen LogP contribution in [0.2, 0.25) is 0 Å². The molecule has 2 aliphatic heterocycles. The fraction of sp³-hybridized carbons (Fsp3) is 0.619. The van der Waals surface area contributed by atoms with Crippen LogP contribution in [0.1, 0.15) is 48.9 Å². The number of likely N-dealkylation sites (tertiary alicyclic amines) is 1. The highest BCUT2D eigenvalue weighted by Gasteiger charge is 2.47. The van der Waals surface area contributed by atoms with Gasteiger partial charge in [-0.15, -0.1) is 11.8 Å². The maximum atomic E-state index is 13.2. The second kappa shape index (κ2) is 7.74. The quantitative estimate of drug-likeness (QED) is 0.796. The first-order chi connectivity index (χ1) is 13.1. The predicted molar refractivity (Wildman–Crippen MR) is 107 cm³/mol. The summed E-state index contributed by atoms with van der Waals surface area (Å²) in [5.41, 5.74) is 0.681. The molecule has 1 aromatic rings. The van der Waals surface area contributed by atoms with Crippen LogP contribution in [0.15, 0.2) is 24.3 Å². The lowest BCUT2D eigenvalue weighted by Gasteiger charge is -2.44. The maximum Gasteiger partial charge on any atom is 0.255 e. The smallest absolute Gasteiger partial charge is 0.255 e. The molecule has 1 spiro atoms. The summed E-state index contributed by atoms with van der Waals surface area (Å²) in [4.78, 5) is 29.9.